The summed E-state index contributed by atoms with van der Waals surface area (Å²) in [7, 11) is 1.54. The Balaban J connectivity index is 2.05. The Bertz CT molecular complexity index is 430. The summed E-state index contributed by atoms with van der Waals surface area (Å²) in [5, 5.41) is 13.5. The van der Waals surface area contributed by atoms with Gasteiger partial charge < -0.3 is 15.2 Å². The first kappa shape index (κ1) is 14.3. The number of halogens is 1. The van der Waals surface area contributed by atoms with Gasteiger partial charge in [-0.3, -0.25) is 0 Å². The Kier molecular flexibility index (Phi) is 4.42. The molecule has 1 aliphatic rings. The van der Waals surface area contributed by atoms with Crippen molar-refractivity contribution in [2.45, 2.75) is 44.2 Å². The van der Waals surface area contributed by atoms with Crippen molar-refractivity contribution in [1.29, 1.82) is 0 Å². The Hall–Kier alpha value is -1.13. The summed E-state index contributed by atoms with van der Waals surface area (Å²) in [4.78, 5) is 0. The van der Waals surface area contributed by atoms with E-state index in [1.54, 1.807) is 12.1 Å². The van der Waals surface area contributed by atoms with Crippen LogP contribution in [0.1, 0.15) is 44.2 Å². The van der Waals surface area contributed by atoms with Crippen LogP contribution in [0.25, 0.3) is 0 Å². The number of hydrogen-bond acceptors (Lipinski definition) is 3. The van der Waals surface area contributed by atoms with E-state index >= 15 is 0 Å². The largest absolute Gasteiger partial charge is 0.496 e. The SMILES string of the molecule is COc1cccc(F)c1C(C)NCC1(O)CCCC1. The van der Waals surface area contributed by atoms with Crippen LogP contribution in [0.4, 0.5) is 4.39 Å². The maximum atomic E-state index is 13.9. The number of hydrogen-bond donors (Lipinski definition) is 2. The second-order valence-electron chi connectivity index (χ2n) is 5.39. The topological polar surface area (TPSA) is 41.5 Å². The van der Waals surface area contributed by atoms with Gasteiger partial charge in [0.15, 0.2) is 0 Å². The Morgan fingerprint density at radius 2 is 2.11 bits per heavy atom. The van der Waals surface area contributed by atoms with Gasteiger partial charge >= 0.3 is 0 Å². The average Bonchev–Trinajstić information content (AvgIpc) is 2.83. The fourth-order valence-corrected chi connectivity index (χ4v) is 2.77. The smallest absolute Gasteiger partial charge is 0.131 e. The summed E-state index contributed by atoms with van der Waals surface area (Å²) in [6.07, 6.45) is 3.77. The monoisotopic (exact) mass is 267 g/mol. The molecule has 2 N–H and O–H groups in total. The first-order valence-corrected chi connectivity index (χ1v) is 6.84. The van der Waals surface area contributed by atoms with Gasteiger partial charge in [-0.2, -0.15) is 0 Å². The van der Waals surface area contributed by atoms with Crippen LogP contribution in [0.5, 0.6) is 5.75 Å². The van der Waals surface area contributed by atoms with Gasteiger partial charge in [-0.1, -0.05) is 18.9 Å². The zero-order chi connectivity index (χ0) is 13.9. The van der Waals surface area contributed by atoms with E-state index in [9.17, 15) is 9.50 Å². The van der Waals surface area contributed by atoms with Gasteiger partial charge in [0, 0.05) is 18.2 Å². The molecule has 1 aromatic carbocycles. The van der Waals surface area contributed by atoms with E-state index in [0.717, 1.165) is 25.7 Å². The minimum atomic E-state index is -0.632. The zero-order valence-electron chi connectivity index (χ0n) is 11.6. The highest BCUT2D eigenvalue weighted by atomic mass is 19.1. The number of nitrogens with one attached hydrogen (secondary N) is 1. The predicted octanol–water partition coefficient (Wildman–Crippen LogP) is 2.79. The highest BCUT2D eigenvalue weighted by Gasteiger charge is 2.31. The molecule has 0 bridgehead atoms. The van der Waals surface area contributed by atoms with E-state index in [1.807, 2.05) is 6.92 Å². The van der Waals surface area contributed by atoms with E-state index in [2.05, 4.69) is 5.32 Å². The molecule has 1 fully saturated rings. The molecule has 0 spiro atoms. The summed E-state index contributed by atoms with van der Waals surface area (Å²) in [6, 6.07) is 4.62. The van der Waals surface area contributed by atoms with E-state index in [-0.39, 0.29) is 11.9 Å². The minimum absolute atomic E-state index is 0.194. The van der Waals surface area contributed by atoms with Crippen LogP contribution in [0.15, 0.2) is 18.2 Å². The number of methoxy groups -OCH3 is 1. The lowest BCUT2D eigenvalue weighted by molar-refractivity contribution is 0.0451. The molecular formula is C15H22FNO2. The van der Waals surface area contributed by atoms with Crippen LogP contribution < -0.4 is 10.1 Å². The third-order valence-corrected chi connectivity index (χ3v) is 3.94. The molecule has 0 radical (unpaired) electrons. The second kappa shape index (κ2) is 5.88. The van der Waals surface area contributed by atoms with Crippen LogP contribution in [0.3, 0.4) is 0 Å². The molecule has 1 aliphatic carbocycles. The summed E-state index contributed by atoms with van der Waals surface area (Å²) >= 11 is 0. The van der Waals surface area contributed by atoms with Crippen molar-refractivity contribution in [3.8, 4) is 5.75 Å². The average molecular weight is 267 g/mol. The number of benzene rings is 1. The van der Waals surface area contributed by atoms with Gasteiger partial charge in [0.1, 0.15) is 11.6 Å². The molecule has 1 atom stereocenters. The molecule has 0 saturated heterocycles. The number of rotatable bonds is 5. The highest BCUT2D eigenvalue weighted by Crippen LogP contribution is 2.31. The summed E-state index contributed by atoms with van der Waals surface area (Å²) < 4.78 is 19.1. The van der Waals surface area contributed by atoms with Gasteiger partial charge in [0.2, 0.25) is 0 Å². The van der Waals surface area contributed by atoms with Crippen molar-refractivity contribution in [1.82, 2.24) is 5.32 Å². The molecule has 0 amide bonds. The number of aliphatic hydroxyl groups is 1. The molecule has 0 aliphatic heterocycles. The molecule has 0 aromatic heterocycles. The van der Waals surface area contributed by atoms with Crippen molar-refractivity contribution >= 4 is 0 Å². The van der Waals surface area contributed by atoms with Crippen LogP contribution in [0.2, 0.25) is 0 Å². The number of ether oxygens (including phenoxy) is 1. The fraction of sp³-hybridized carbons (Fsp3) is 0.600. The van der Waals surface area contributed by atoms with Crippen LogP contribution in [-0.2, 0) is 0 Å². The summed E-state index contributed by atoms with van der Waals surface area (Å²) in [5.74, 6) is 0.260. The molecular weight excluding hydrogens is 245 g/mol. The normalized spacial score (nSPS) is 19.4. The molecule has 4 heteroatoms. The molecule has 106 valence electrons. The van der Waals surface area contributed by atoms with Crippen LogP contribution in [-0.4, -0.2) is 24.4 Å². The third kappa shape index (κ3) is 3.25. The second-order valence-corrected chi connectivity index (χ2v) is 5.39. The first-order chi connectivity index (χ1) is 9.06. The van der Waals surface area contributed by atoms with Crippen LogP contribution in [0, 0.1) is 5.82 Å². The van der Waals surface area contributed by atoms with Crippen LogP contribution >= 0.6 is 0 Å². The first-order valence-electron chi connectivity index (χ1n) is 6.84. The van der Waals surface area contributed by atoms with Crippen molar-refractivity contribution < 1.29 is 14.2 Å². The van der Waals surface area contributed by atoms with E-state index in [1.165, 1.54) is 13.2 Å². The third-order valence-electron chi connectivity index (χ3n) is 3.94. The standard InChI is InChI=1S/C15H22FNO2/c1-11(17-10-15(18)8-3-4-9-15)14-12(16)6-5-7-13(14)19-2/h5-7,11,17-18H,3-4,8-10H2,1-2H3. The lowest BCUT2D eigenvalue weighted by atomic mass is 10.0. The summed E-state index contributed by atoms with van der Waals surface area (Å²) in [6.45, 7) is 2.38. The van der Waals surface area contributed by atoms with Gasteiger partial charge in [0.25, 0.3) is 0 Å². The van der Waals surface area contributed by atoms with Gasteiger partial charge in [-0.05, 0) is 31.9 Å². The lowest BCUT2D eigenvalue weighted by Crippen LogP contribution is -2.39. The highest BCUT2D eigenvalue weighted by molar-refractivity contribution is 5.36. The molecule has 1 saturated carbocycles. The predicted molar refractivity (Wildman–Crippen MR) is 72.8 cm³/mol. The van der Waals surface area contributed by atoms with Gasteiger partial charge in [-0.25, -0.2) is 4.39 Å². The van der Waals surface area contributed by atoms with Crippen molar-refractivity contribution in [2.24, 2.45) is 0 Å². The molecule has 1 unspecified atom stereocenters. The lowest BCUT2D eigenvalue weighted by Gasteiger charge is -2.26. The Morgan fingerprint density at radius 3 is 2.74 bits per heavy atom. The minimum Gasteiger partial charge on any atom is -0.496 e. The van der Waals surface area contributed by atoms with Gasteiger partial charge in [-0.15, -0.1) is 0 Å². The quantitative estimate of drug-likeness (QED) is 0.862. The van der Waals surface area contributed by atoms with E-state index in [0.29, 0.717) is 17.9 Å². The fourth-order valence-electron chi connectivity index (χ4n) is 2.77. The maximum Gasteiger partial charge on any atom is 0.131 e. The maximum absolute atomic E-state index is 13.9. The molecule has 19 heavy (non-hydrogen) atoms. The van der Waals surface area contributed by atoms with E-state index < -0.39 is 5.60 Å². The molecule has 3 nitrogen and oxygen atoms in total. The molecule has 1 aromatic rings. The van der Waals surface area contributed by atoms with E-state index in [4.69, 9.17) is 4.74 Å². The van der Waals surface area contributed by atoms with Crippen molar-refractivity contribution in [3.05, 3.63) is 29.6 Å². The Morgan fingerprint density at radius 1 is 1.42 bits per heavy atom. The van der Waals surface area contributed by atoms with Crippen molar-refractivity contribution in [3.63, 3.8) is 0 Å². The van der Waals surface area contributed by atoms with Crippen molar-refractivity contribution in [2.75, 3.05) is 13.7 Å². The summed E-state index contributed by atoms with van der Waals surface area (Å²) in [5.41, 5.74) is -0.112. The molecule has 2 rings (SSSR count). The molecule has 0 heterocycles. The Labute approximate surface area is 113 Å². The zero-order valence-corrected chi connectivity index (χ0v) is 11.6. The van der Waals surface area contributed by atoms with Gasteiger partial charge in [0.05, 0.1) is 12.7 Å².